The molecule has 2 atom stereocenters. The Bertz CT molecular complexity index is 206. The number of fused-ring (bicyclic) bond motifs is 1. The molecular formula is C13H25NO2. The van der Waals surface area contributed by atoms with Crippen LogP contribution in [0.3, 0.4) is 0 Å². The van der Waals surface area contributed by atoms with Crippen LogP contribution in [0.15, 0.2) is 0 Å². The van der Waals surface area contributed by atoms with Crippen molar-refractivity contribution in [3.8, 4) is 0 Å². The highest BCUT2D eigenvalue weighted by Gasteiger charge is 2.38. The summed E-state index contributed by atoms with van der Waals surface area (Å²) in [7, 11) is 0. The number of carbonyl (C=O) groups excluding carboxylic acids is 1. The lowest BCUT2D eigenvalue weighted by atomic mass is 10.2. The number of hydrogen-bond donors (Lipinski definition) is 0. The van der Waals surface area contributed by atoms with E-state index in [-0.39, 0.29) is 5.97 Å². The van der Waals surface area contributed by atoms with Crippen LogP contribution in [-0.2, 0) is 9.53 Å². The molecule has 1 aliphatic heterocycles. The molecule has 2 aliphatic rings. The van der Waals surface area contributed by atoms with E-state index in [0.717, 1.165) is 18.4 Å². The topological polar surface area (TPSA) is 29.5 Å². The second-order valence-electron chi connectivity index (χ2n) is 4.51. The summed E-state index contributed by atoms with van der Waals surface area (Å²) >= 11 is 0. The second kappa shape index (κ2) is 6.89. The third kappa shape index (κ3) is 4.52. The Morgan fingerprint density at radius 2 is 1.81 bits per heavy atom. The van der Waals surface area contributed by atoms with Crippen LogP contribution in [0.1, 0.15) is 40.0 Å². The van der Waals surface area contributed by atoms with Gasteiger partial charge in [0.05, 0.1) is 0 Å². The van der Waals surface area contributed by atoms with Gasteiger partial charge >= 0.3 is 5.97 Å². The van der Waals surface area contributed by atoms with Gasteiger partial charge in [-0.25, -0.2) is 0 Å². The van der Waals surface area contributed by atoms with E-state index >= 15 is 0 Å². The van der Waals surface area contributed by atoms with Crippen molar-refractivity contribution in [1.82, 2.24) is 4.90 Å². The molecule has 16 heavy (non-hydrogen) atoms. The fourth-order valence-electron chi connectivity index (χ4n) is 2.37. The maximum Gasteiger partial charge on any atom is 0.302 e. The van der Waals surface area contributed by atoms with E-state index in [9.17, 15) is 4.79 Å². The predicted molar refractivity (Wildman–Crippen MR) is 65.3 cm³/mol. The zero-order chi connectivity index (χ0) is 12.0. The molecule has 2 rings (SSSR count). The Kier molecular flexibility index (Phi) is 5.81. The third-order valence-corrected chi connectivity index (χ3v) is 3.41. The third-order valence-electron chi connectivity index (χ3n) is 3.41. The molecule has 1 heterocycles. The lowest BCUT2D eigenvalue weighted by Gasteiger charge is -2.19. The maximum atomic E-state index is 10.6. The zero-order valence-corrected chi connectivity index (χ0v) is 10.9. The molecule has 0 bridgehead atoms. The molecule has 2 unspecified atom stereocenters. The van der Waals surface area contributed by atoms with E-state index in [1.807, 2.05) is 13.8 Å². The van der Waals surface area contributed by atoms with Gasteiger partial charge in [-0.15, -0.1) is 0 Å². The standard InChI is InChI=1S/C11H19NO2.C2H6/c1-9(13)14-7-6-12-4-2-10-8-11(10)3-5-12;1-2/h10-11H,2-8H2,1H3;1-2H3. The molecule has 2 fully saturated rings. The number of carbonyl (C=O) groups is 1. The van der Waals surface area contributed by atoms with Crippen molar-refractivity contribution in [2.24, 2.45) is 11.8 Å². The van der Waals surface area contributed by atoms with Crippen LogP contribution in [0.2, 0.25) is 0 Å². The first kappa shape index (κ1) is 13.5. The van der Waals surface area contributed by atoms with Crippen molar-refractivity contribution in [2.45, 2.75) is 40.0 Å². The number of esters is 1. The van der Waals surface area contributed by atoms with Crippen molar-refractivity contribution >= 4 is 5.97 Å². The molecule has 0 amide bonds. The molecule has 1 aliphatic carbocycles. The summed E-state index contributed by atoms with van der Waals surface area (Å²) in [6.45, 7) is 9.34. The molecule has 1 saturated heterocycles. The van der Waals surface area contributed by atoms with Crippen molar-refractivity contribution in [3.63, 3.8) is 0 Å². The SMILES string of the molecule is CC.CC(=O)OCCN1CCC2CC2CC1. The minimum atomic E-state index is -0.164. The van der Waals surface area contributed by atoms with E-state index < -0.39 is 0 Å². The first-order valence-electron chi connectivity index (χ1n) is 6.61. The maximum absolute atomic E-state index is 10.6. The van der Waals surface area contributed by atoms with E-state index in [4.69, 9.17) is 4.74 Å². The van der Waals surface area contributed by atoms with E-state index in [1.165, 1.54) is 39.3 Å². The molecule has 0 N–H and O–H groups in total. The quantitative estimate of drug-likeness (QED) is 0.693. The van der Waals surface area contributed by atoms with Crippen LogP contribution in [-0.4, -0.2) is 37.1 Å². The van der Waals surface area contributed by atoms with Gasteiger partial charge in [-0.05, 0) is 44.2 Å². The highest BCUT2D eigenvalue weighted by molar-refractivity contribution is 5.65. The van der Waals surface area contributed by atoms with Crippen LogP contribution < -0.4 is 0 Å². The van der Waals surface area contributed by atoms with Gasteiger partial charge in [0, 0.05) is 13.5 Å². The van der Waals surface area contributed by atoms with E-state index in [0.29, 0.717) is 6.61 Å². The summed E-state index contributed by atoms with van der Waals surface area (Å²) in [5.74, 6) is 1.88. The van der Waals surface area contributed by atoms with Gasteiger partial charge < -0.3 is 4.74 Å². The number of nitrogens with zero attached hydrogens (tertiary/aromatic N) is 1. The summed E-state index contributed by atoms with van der Waals surface area (Å²) in [5.41, 5.74) is 0. The van der Waals surface area contributed by atoms with Gasteiger partial charge in [-0.1, -0.05) is 13.8 Å². The molecular weight excluding hydrogens is 202 g/mol. The first-order chi connectivity index (χ1) is 7.75. The average Bonchev–Trinajstić information content (AvgIpc) is 3.02. The Hall–Kier alpha value is -0.570. The summed E-state index contributed by atoms with van der Waals surface area (Å²) in [6, 6.07) is 0. The van der Waals surface area contributed by atoms with Crippen LogP contribution in [0.4, 0.5) is 0 Å². The summed E-state index contributed by atoms with van der Waals surface area (Å²) in [4.78, 5) is 13.0. The molecule has 3 nitrogen and oxygen atoms in total. The first-order valence-corrected chi connectivity index (χ1v) is 6.61. The summed E-state index contributed by atoms with van der Waals surface area (Å²) in [6.07, 6.45) is 4.17. The number of rotatable bonds is 3. The Morgan fingerprint density at radius 3 is 2.31 bits per heavy atom. The molecule has 0 aromatic carbocycles. The lowest BCUT2D eigenvalue weighted by molar-refractivity contribution is -0.141. The van der Waals surface area contributed by atoms with Crippen molar-refractivity contribution in [2.75, 3.05) is 26.2 Å². The van der Waals surface area contributed by atoms with Gasteiger partial charge in [-0.2, -0.15) is 0 Å². The Morgan fingerprint density at radius 1 is 1.25 bits per heavy atom. The van der Waals surface area contributed by atoms with Gasteiger partial charge in [0.15, 0.2) is 0 Å². The molecule has 0 aromatic heterocycles. The van der Waals surface area contributed by atoms with Gasteiger partial charge in [0.1, 0.15) is 6.61 Å². The fraction of sp³-hybridized carbons (Fsp3) is 0.923. The molecule has 0 spiro atoms. The van der Waals surface area contributed by atoms with Crippen LogP contribution in [0, 0.1) is 11.8 Å². The lowest BCUT2D eigenvalue weighted by Crippen LogP contribution is -2.29. The number of likely N-dealkylation sites (tertiary alicyclic amines) is 1. The summed E-state index contributed by atoms with van der Waals surface area (Å²) < 4.78 is 4.94. The molecule has 1 saturated carbocycles. The number of hydrogen-bond acceptors (Lipinski definition) is 3. The zero-order valence-electron chi connectivity index (χ0n) is 10.9. The Labute approximate surface area is 99.1 Å². The average molecular weight is 227 g/mol. The molecule has 0 aromatic rings. The largest absolute Gasteiger partial charge is 0.465 e. The predicted octanol–water partition coefficient (Wildman–Crippen LogP) is 2.31. The molecule has 94 valence electrons. The second-order valence-corrected chi connectivity index (χ2v) is 4.51. The summed E-state index contributed by atoms with van der Waals surface area (Å²) in [5, 5.41) is 0. The molecule has 0 radical (unpaired) electrons. The monoisotopic (exact) mass is 227 g/mol. The minimum absolute atomic E-state index is 0.164. The van der Waals surface area contributed by atoms with Crippen molar-refractivity contribution in [3.05, 3.63) is 0 Å². The van der Waals surface area contributed by atoms with Crippen LogP contribution in [0.5, 0.6) is 0 Å². The minimum Gasteiger partial charge on any atom is -0.465 e. The molecule has 3 heteroatoms. The van der Waals surface area contributed by atoms with Gasteiger partial charge in [0.2, 0.25) is 0 Å². The van der Waals surface area contributed by atoms with Crippen molar-refractivity contribution < 1.29 is 9.53 Å². The van der Waals surface area contributed by atoms with E-state index in [2.05, 4.69) is 4.90 Å². The normalized spacial score (nSPS) is 28.2. The van der Waals surface area contributed by atoms with Crippen molar-refractivity contribution in [1.29, 1.82) is 0 Å². The smallest absolute Gasteiger partial charge is 0.302 e. The fourth-order valence-corrected chi connectivity index (χ4v) is 2.37. The number of ether oxygens (including phenoxy) is 1. The van der Waals surface area contributed by atoms with Crippen LogP contribution >= 0.6 is 0 Å². The van der Waals surface area contributed by atoms with Gasteiger partial charge in [0.25, 0.3) is 0 Å². The van der Waals surface area contributed by atoms with Gasteiger partial charge in [-0.3, -0.25) is 9.69 Å². The van der Waals surface area contributed by atoms with E-state index in [1.54, 1.807) is 0 Å². The Balaban J connectivity index is 0.000000606. The van der Waals surface area contributed by atoms with Crippen LogP contribution in [0.25, 0.3) is 0 Å². The highest BCUT2D eigenvalue weighted by Crippen LogP contribution is 2.45. The highest BCUT2D eigenvalue weighted by atomic mass is 16.5.